The fourth-order valence-electron chi connectivity index (χ4n) is 3.25. The van der Waals surface area contributed by atoms with Crippen LogP contribution in [0.1, 0.15) is 38.7 Å². The summed E-state index contributed by atoms with van der Waals surface area (Å²) >= 11 is 0. The van der Waals surface area contributed by atoms with E-state index in [-0.39, 0.29) is 6.61 Å². The number of nitrogens with one attached hydrogen (secondary N) is 2. The van der Waals surface area contributed by atoms with Gasteiger partial charge in [-0.3, -0.25) is 19.9 Å². The Morgan fingerprint density at radius 1 is 1.32 bits per heavy atom. The van der Waals surface area contributed by atoms with Crippen molar-refractivity contribution in [2.75, 3.05) is 13.2 Å². The lowest BCUT2D eigenvalue weighted by Crippen LogP contribution is -2.61. The van der Waals surface area contributed by atoms with E-state index in [1.807, 2.05) is 30.3 Å². The van der Waals surface area contributed by atoms with Crippen LogP contribution in [-0.2, 0) is 25.5 Å². The van der Waals surface area contributed by atoms with Crippen LogP contribution in [0.25, 0.3) is 0 Å². The Balaban J connectivity index is 2.03. The van der Waals surface area contributed by atoms with Gasteiger partial charge in [0.25, 0.3) is 5.91 Å². The van der Waals surface area contributed by atoms with E-state index in [2.05, 4.69) is 10.7 Å². The molecule has 0 bridgehead atoms. The van der Waals surface area contributed by atoms with Crippen LogP contribution in [-0.4, -0.2) is 59.2 Å². The fraction of sp³-hybridized carbons (Fsp3) is 0.550. The number of esters is 1. The molecule has 0 radical (unpaired) electrons. The number of hydrazine groups is 1. The Labute approximate surface area is 165 Å². The van der Waals surface area contributed by atoms with Gasteiger partial charge < -0.3 is 9.84 Å². The number of hydrogen-bond donors (Lipinski definition) is 3. The van der Waals surface area contributed by atoms with Crippen LogP contribution in [0.3, 0.4) is 0 Å². The molecule has 3 atom stereocenters. The lowest BCUT2D eigenvalue weighted by molar-refractivity contribution is -0.157. The third kappa shape index (κ3) is 6.03. The van der Waals surface area contributed by atoms with E-state index in [0.29, 0.717) is 32.2 Å². The highest BCUT2D eigenvalue weighted by Gasteiger charge is 2.35. The lowest BCUT2D eigenvalue weighted by atomic mass is 10.0. The van der Waals surface area contributed by atoms with Crippen molar-refractivity contribution < 1.29 is 24.2 Å². The molecule has 1 saturated heterocycles. The summed E-state index contributed by atoms with van der Waals surface area (Å²) < 4.78 is 5.14. The normalized spacial score (nSPS) is 18.9. The van der Waals surface area contributed by atoms with E-state index in [9.17, 15) is 19.5 Å². The van der Waals surface area contributed by atoms with Gasteiger partial charge in [-0.2, -0.15) is 0 Å². The van der Waals surface area contributed by atoms with Crippen molar-refractivity contribution in [1.82, 2.24) is 15.8 Å². The summed E-state index contributed by atoms with van der Waals surface area (Å²) in [6.07, 6.45) is 2.20. The van der Waals surface area contributed by atoms with Crippen LogP contribution >= 0.6 is 0 Å². The minimum atomic E-state index is -1.04. The first kappa shape index (κ1) is 21.8. The number of carbonyl (C=O) groups excluding carboxylic acids is 2. The number of carbonyl (C=O) groups is 3. The highest BCUT2D eigenvalue weighted by atomic mass is 16.5. The summed E-state index contributed by atoms with van der Waals surface area (Å²) in [5, 5.41) is 13.6. The maximum absolute atomic E-state index is 12.8. The van der Waals surface area contributed by atoms with Crippen molar-refractivity contribution in [1.29, 1.82) is 0 Å². The Morgan fingerprint density at radius 2 is 2.04 bits per heavy atom. The summed E-state index contributed by atoms with van der Waals surface area (Å²) in [6.45, 7) is 4.15. The van der Waals surface area contributed by atoms with Gasteiger partial charge in [0, 0.05) is 6.54 Å². The zero-order chi connectivity index (χ0) is 20.5. The highest BCUT2D eigenvalue weighted by molar-refractivity contribution is 5.87. The van der Waals surface area contributed by atoms with Crippen molar-refractivity contribution in [3.8, 4) is 0 Å². The van der Waals surface area contributed by atoms with E-state index in [4.69, 9.17) is 4.74 Å². The third-order valence-electron chi connectivity index (χ3n) is 4.73. The number of benzene rings is 1. The number of aryl methyl sites for hydroxylation is 1. The second kappa shape index (κ2) is 10.8. The van der Waals surface area contributed by atoms with Gasteiger partial charge in [0.15, 0.2) is 0 Å². The zero-order valence-corrected chi connectivity index (χ0v) is 16.4. The van der Waals surface area contributed by atoms with Crippen molar-refractivity contribution in [2.24, 2.45) is 0 Å². The van der Waals surface area contributed by atoms with Gasteiger partial charge in [0.2, 0.25) is 0 Å². The van der Waals surface area contributed by atoms with Crippen LogP contribution in [0.4, 0.5) is 0 Å². The van der Waals surface area contributed by atoms with E-state index < -0.39 is 36.0 Å². The molecule has 1 aliphatic rings. The van der Waals surface area contributed by atoms with Crippen LogP contribution in [0.5, 0.6) is 0 Å². The molecule has 8 nitrogen and oxygen atoms in total. The van der Waals surface area contributed by atoms with Gasteiger partial charge in [-0.1, -0.05) is 30.3 Å². The van der Waals surface area contributed by atoms with Crippen molar-refractivity contribution in [3.63, 3.8) is 0 Å². The van der Waals surface area contributed by atoms with Crippen LogP contribution in [0.2, 0.25) is 0 Å². The third-order valence-corrected chi connectivity index (χ3v) is 4.73. The standard InChI is InChI=1S/C20H29N3O5/c1-3-28-20(27)16(12-11-15-8-5-4-6-9-15)22-14(2)18(24)23-17(19(25)26)10-7-13-21-23/h4-6,8-9,14,16-17,21-22H,3,7,10-13H2,1-2H3,(H,25,26)/t14-,16-,17?/m0/s1. The molecule has 2 rings (SSSR count). The number of aliphatic carboxylic acids is 1. The second-order valence-electron chi connectivity index (χ2n) is 6.83. The van der Waals surface area contributed by atoms with E-state index in [1.165, 1.54) is 5.01 Å². The molecule has 1 fully saturated rings. The van der Waals surface area contributed by atoms with E-state index in [0.717, 1.165) is 5.56 Å². The van der Waals surface area contributed by atoms with Crippen LogP contribution < -0.4 is 10.7 Å². The number of nitrogens with zero attached hydrogens (tertiary/aromatic N) is 1. The molecule has 0 saturated carbocycles. The maximum Gasteiger partial charge on any atom is 0.328 e. The minimum Gasteiger partial charge on any atom is -0.480 e. The largest absolute Gasteiger partial charge is 0.480 e. The summed E-state index contributed by atoms with van der Waals surface area (Å²) in [6, 6.07) is 7.44. The molecule has 8 heteroatoms. The first-order valence-corrected chi connectivity index (χ1v) is 9.70. The number of hydrogen-bond acceptors (Lipinski definition) is 6. The fourth-order valence-corrected chi connectivity index (χ4v) is 3.25. The van der Waals surface area contributed by atoms with Gasteiger partial charge in [0.05, 0.1) is 12.6 Å². The van der Waals surface area contributed by atoms with Crippen LogP contribution in [0, 0.1) is 0 Å². The topological polar surface area (TPSA) is 108 Å². The Hall–Kier alpha value is -2.45. The number of rotatable bonds is 9. The Kier molecular flexibility index (Phi) is 8.41. The maximum atomic E-state index is 12.8. The van der Waals surface area contributed by atoms with Crippen molar-refractivity contribution in [2.45, 2.75) is 57.7 Å². The number of carboxylic acid groups (broad SMARTS) is 1. The lowest BCUT2D eigenvalue weighted by Gasteiger charge is -2.35. The molecule has 0 spiro atoms. The molecule has 3 N–H and O–H groups in total. The van der Waals surface area contributed by atoms with Gasteiger partial charge in [-0.15, -0.1) is 0 Å². The summed E-state index contributed by atoms with van der Waals surface area (Å²) in [7, 11) is 0. The SMILES string of the molecule is CCOC(=O)[C@H](CCc1ccccc1)N[C@@H](C)C(=O)N1NCCCC1C(=O)O. The molecule has 154 valence electrons. The van der Waals surface area contributed by atoms with E-state index in [1.54, 1.807) is 13.8 Å². The molecule has 28 heavy (non-hydrogen) atoms. The predicted molar refractivity (Wildman–Crippen MR) is 103 cm³/mol. The average molecular weight is 391 g/mol. The smallest absolute Gasteiger partial charge is 0.328 e. The summed E-state index contributed by atoms with van der Waals surface area (Å²) in [5.41, 5.74) is 3.95. The molecular weight excluding hydrogens is 362 g/mol. The van der Waals surface area contributed by atoms with Crippen molar-refractivity contribution >= 4 is 17.8 Å². The monoisotopic (exact) mass is 391 g/mol. The first-order chi connectivity index (χ1) is 13.4. The molecular formula is C20H29N3O5. The number of ether oxygens (including phenoxy) is 1. The molecule has 1 aromatic rings. The number of carboxylic acids is 1. The predicted octanol–water partition coefficient (Wildman–Crippen LogP) is 1.11. The second-order valence-corrected chi connectivity index (χ2v) is 6.83. The van der Waals surface area contributed by atoms with Gasteiger partial charge in [0.1, 0.15) is 12.1 Å². The zero-order valence-electron chi connectivity index (χ0n) is 16.4. The van der Waals surface area contributed by atoms with Crippen LogP contribution in [0.15, 0.2) is 30.3 Å². The molecule has 1 aliphatic heterocycles. The molecule has 1 unspecified atom stereocenters. The minimum absolute atomic E-state index is 0.249. The van der Waals surface area contributed by atoms with Gasteiger partial charge in [-0.25, -0.2) is 10.2 Å². The van der Waals surface area contributed by atoms with E-state index >= 15 is 0 Å². The molecule has 0 aliphatic carbocycles. The Bertz CT molecular complexity index is 667. The average Bonchev–Trinajstić information content (AvgIpc) is 2.71. The first-order valence-electron chi connectivity index (χ1n) is 9.70. The molecule has 1 aromatic carbocycles. The highest BCUT2D eigenvalue weighted by Crippen LogP contribution is 2.13. The Morgan fingerprint density at radius 3 is 2.68 bits per heavy atom. The summed E-state index contributed by atoms with van der Waals surface area (Å²) in [4.78, 5) is 36.6. The number of amides is 1. The van der Waals surface area contributed by atoms with Gasteiger partial charge >= 0.3 is 11.9 Å². The molecule has 0 aromatic heterocycles. The summed E-state index contributed by atoms with van der Waals surface area (Å²) in [5.74, 6) is -1.86. The van der Waals surface area contributed by atoms with Gasteiger partial charge in [-0.05, 0) is 45.1 Å². The van der Waals surface area contributed by atoms with Crippen molar-refractivity contribution in [3.05, 3.63) is 35.9 Å². The quantitative estimate of drug-likeness (QED) is 0.541. The molecule has 1 amide bonds. The molecule has 1 heterocycles.